The van der Waals surface area contributed by atoms with Crippen LogP contribution in [0.1, 0.15) is 30.1 Å². The molecule has 0 unspecified atom stereocenters. The van der Waals surface area contributed by atoms with E-state index in [1.54, 1.807) is 48.5 Å². The smallest absolute Gasteiger partial charge is 0.255 e. The van der Waals surface area contributed by atoms with Crippen LogP contribution in [0.3, 0.4) is 0 Å². The van der Waals surface area contributed by atoms with E-state index in [0.717, 1.165) is 18.6 Å². The van der Waals surface area contributed by atoms with Crippen LogP contribution in [0, 0.1) is 0 Å². The summed E-state index contributed by atoms with van der Waals surface area (Å²) in [5.41, 5.74) is 1.71. The molecule has 2 aromatic rings. The fraction of sp³-hybridized carbons (Fsp3) is 0.300. The third-order valence-electron chi connectivity index (χ3n) is 3.56. The van der Waals surface area contributed by atoms with Crippen LogP contribution < -0.4 is 15.4 Å². The summed E-state index contributed by atoms with van der Waals surface area (Å²) in [6, 6.07) is 14.0. The molecular weight excluding hydrogens is 332 g/mol. The van der Waals surface area contributed by atoms with Gasteiger partial charge in [0, 0.05) is 24.0 Å². The van der Waals surface area contributed by atoms with E-state index in [4.69, 9.17) is 9.47 Å². The van der Waals surface area contributed by atoms with Crippen LogP contribution in [0.15, 0.2) is 48.5 Å². The number of carbonyl (C=O) groups is 2. The molecule has 0 aromatic heterocycles. The van der Waals surface area contributed by atoms with Gasteiger partial charge in [-0.1, -0.05) is 19.4 Å². The minimum absolute atomic E-state index is 0.0245. The Balaban J connectivity index is 1.95. The second-order valence-corrected chi connectivity index (χ2v) is 5.74. The predicted molar refractivity (Wildman–Crippen MR) is 102 cm³/mol. The quantitative estimate of drug-likeness (QED) is 0.672. The van der Waals surface area contributed by atoms with E-state index < -0.39 is 0 Å². The summed E-state index contributed by atoms with van der Waals surface area (Å²) in [5.74, 6) is 0.262. The first kappa shape index (κ1) is 19.5. The Bertz CT molecular complexity index is 729. The lowest BCUT2D eigenvalue weighted by Crippen LogP contribution is -2.17. The van der Waals surface area contributed by atoms with Gasteiger partial charge in [-0.2, -0.15) is 0 Å². The third-order valence-corrected chi connectivity index (χ3v) is 3.56. The van der Waals surface area contributed by atoms with Gasteiger partial charge in [0.15, 0.2) is 0 Å². The van der Waals surface area contributed by atoms with Gasteiger partial charge in [0.25, 0.3) is 5.91 Å². The van der Waals surface area contributed by atoms with Gasteiger partial charge in [-0.05, 0) is 48.9 Å². The Kier molecular flexibility index (Phi) is 7.64. The highest BCUT2D eigenvalue weighted by Crippen LogP contribution is 2.17. The number of carbonyl (C=O) groups excluding carboxylic acids is 2. The highest BCUT2D eigenvalue weighted by Gasteiger charge is 2.08. The van der Waals surface area contributed by atoms with Crippen molar-refractivity contribution in [1.82, 2.24) is 0 Å². The van der Waals surface area contributed by atoms with Crippen molar-refractivity contribution in [1.29, 1.82) is 0 Å². The molecule has 0 saturated heterocycles. The van der Waals surface area contributed by atoms with E-state index in [9.17, 15) is 9.59 Å². The van der Waals surface area contributed by atoms with Crippen molar-refractivity contribution >= 4 is 23.2 Å². The molecular formula is C20H24N2O4. The normalized spacial score (nSPS) is 10.2. The van der Waals surface area contributed by atoms with Crippen LogP contribution in [0.5, 0.6) is 5.75 Å². The number of unbranched alkanes of at least 4 members (excludes halogenated alkanes) is 1. The van der Waals surface area contributed by atoms with Gasteiger partial charge in [0.05, 0.1) is 6.61 Å². The van der Waals surface area contributed by atoms with E-state index >= 15 is 0 Å². The molecule has 26 heavy (non-hydrogen) atoms. The monoisotopic (exact) mass is 356 g/mol. The summed E-state index contributed by atoms with van der Waals surface area (Å²) >= 11 is 0. The van der Waals surface area contributed by atoms with Crippen LogP contribution in [0.2, 0.25) is 0 Å². The fourth-order valence-corrected chi connectivity index (χ4v) is 2.24. The van der Waals surface area contributed by atoms with E-state index in [0.29, 0.717) is 23.5 Å². The number of ether oxygens (including phenoxy) is 2. The molecule has 0 fully saturated rings. The van der Waals surface area contributed by atoms with Crippen molar-refractivity contribution < 1.29 is 19.1 Å². The summed E-state index contributed by atoms with van der Waals surface area (Å²) in [6.07, 6.45) is 2.07. The van der Waals surface area contributed by atoms with Gasteiger partial charge in [-0.3, -0.25) is 9.59 Å². The van der Waals surface area contributed by atoms with E-state index in [1.165, 1.54) is 7.11 Å². The molecule has 0 bridgehead atoms. The molecule has 0 atom stereocenters. The lowest BCUT2D eigenvalue weighted by Gasteiger charge is -2.09. The Morgan fingerprint density at radius 3 is 2.35 bits per heavy atom. The lowest BCUT2D eigenvalue weighted by molar-refractivity contribution is -0.119. The van der Waals surface area contributed by atoms with E-state index in [1.807, 2.05) is 0 Å². The first-order chi connectivity index (χ1) is 12.6. The summed E-state index contributed by atoms with van der Waals surface area (Å²) in [5, 5.41) is 5.51. The minimum Gasteiger partial charge on any atom is -0.494 e. The molecule has 0 radical (unpaired) electrons. The first-order valence-electron chi connectivity index (χ1n) is 8.55. The summed E-state index contributed by atoms with van der Waals surface area (Å²) in [4.78, 5) is 23.9. The topological polar surface area (TPSA) is 76.7 Å². The van der Waals surface area contributed by atoms with Gasteiger partial charge in [0.2, 0.25) is 5.91 Å². The lowest BCUT2D eigenvalue weighted by atomic mass is 10.2. The highest BCUT2D eigenvalue weighted by molar-refractivity contribution is 6.04. The van der Waals surface area contributed by atoms with Crippen molar-refractivity contribution in [2.75, 3.05) is 31.0 Å². The molecule has 0 heterocycles. The molecule has 2 rings (SSSR count). The summed E-state index contributed by atoms with van der Waals surface area (Å²) in [7, 11) is 1.45. The Hall–Kier alpha value is -2.86. The summed E-state index contributed by atoms with van der Waals surface area (Å²) < 4.78 is 10.4. The van der Waals surface area contributed by atoms with E-state index in [-0.39, 0.29) is 18.4 Å². The van der Waals surface area contributed by atoms with Crippen molar-refractivity contribution in [2.24, 2.45) is 0 Å². The first-order valence-corrected chi connectivity index (χ1v) is 8.55. The van der Waals surface area contributed by atoms with Gasteiger partial charge < -0.3 is 20.1 Å². The average Bonchev–Trinajstić information content (AvgIpc) is 2.63. The van der Waals surface area contributed by atoms with Crippen molar-refractivity contribution in [2.45, 2.75) is 19.8 Å². The Labute approximate surface area is 153 Å². The fourth-order valence-electron chi connectivity index (χ4n) is 2.24. The van der Waals surface area contributed by atoms with Crippen molar-refractivity contribution in [3.63, 3.8) is 0 Å². The molecule has 6 heteroatoms. The molecule has 2 aromatic carbocycles. The number of rotatable bonds is 9. The maximum atomic E-state index is 12.4. The molecule has 2 N–H and O–H groups in total. The predicted octanol–water partition coefficient (Wildman–Crippen LogP) is 3.70. The maximum absolute atomic E-state index is 12.4. The van der Waals surface area contributed by atoms with Crippen LogP contribution in [0.4, 0.5) is 11.4 Å². The SMILES string of the molecule is CCCCOc1ccc(C(=O)Nc2cccc(NC(=O)COC)c2)cc1. The van der Waals surface area contributed by atoms with Crippen LogP contribution >= 0.6 is 0 Å². The summed E-state index contributed by atoms with van der Waals surface area (Å²) in [6.45, 7) is 2.75. The second-order valence-electron chi connectivity index (χ2n) is 5.74. The Morgan fingerprint density at radius 1 is 1.00 bits per heavy atom. The van der Waals surface area contributed by atoms with Crippen LogP contribution in [0.25, 0.3) is 0 Å². The van der Waals surface area contributed by atoms with Crippen LogP contribution in [-0.2, 0) is 9.53 Å². The maximum Gasteiger partial charge on any atom is 0.255 e. The van der Waals surface area contributed by atoms with Crippen molar-refractivity contribution in [3.05, 3.63) is 54.1 Å². The zero-order valence-corrected chi connectivity index (χ0v) is 15.1. The zero-order valence-electron chi connectivity index (χ0n) is 15.1. The number of anilines is 2. The van der Waals surface area contributed by atoms with Gasteiger partial charge in [-0.15, -0.1) is 0 Å². The molecule has 0 spiro atoms. The van der Waals surface area contributed by atoms with Crippen molar-refractivity contribution in [3.8, 4) is 5.75 Å². The minimum atomic E-state index is -0.255. The second kappa shape index (κ2) is 10.2. The van der Waals surface area contributed by atoms with Crippen LogP contribution in [-0.4, -0.2) is 32.1 Å². The average molecular weight is 356 g/mol. The highest BCUT2D eigenvalue weighted by atomic mass is 16.5. The molecule has 0 aliphatic heterocycles. The molecule has 6 nitrogen and oxygen atoms in total. The number of benzene rings is 2. The number of amides is 2. The Morgan fingerprint density at radius 2 is 1.69 bits per heavy atom. The van der Waals surface area contributed by atoms with Gasteiger partial charge in [0.1, 0.15) is 12.4 Å². The number of nitrogens with one attached hydrogen (secondary N) is 2. The van der Waals surface area contributed by atoms with E-state index in [2.05, 4.69) is 17.6 Å². The third kappa shape index (κ3) is 6.22. The molecule has 2 amide bonds. The molecule has 138 valence electrons. The van der Waals surface area contributed by atoms with Gasteiger partial charge >= 0.3 is 0 Å². The number of methoxy groups -OCH3 is 1. The molecule has 0 saturated carbocycles. The number of hydrogen-bond donors (Lipinski definition) is 2. The largest absolute Gasteiger partial charge is 0.494 e. The van der Waals surface area contributed by atoms with Gasteiger partial charge in [-0.25, -0.2) is 0 Å². The molecule has 0 aliphatic rings. The standard InChI is InChI=1S/C20H24N2O4/c1-3-4-12-26-18-10-8-15(9-11-18)20(24)22-17-7-5-6-16(13-17)21-19(23)14-25-2/h5-11,13H,3-4,12,14H2,1-2H3,(H,21,23)(H,22,24). The zero-order chi connectivity index (χ0) is 18.8. The number of hydrogen-bond acceptors (Lipinski definition) is 4. The molecule has 0 aliphatic carbocycles.